The van der Waals surface area contributed by atoms with Gasteiger partial charge >= 0.3 is 0 Å². The average Bonchev–Trinajstić information content (AvgIpc) is 3.56. The van der Waals surface area contributed by atoms with E-state index in [-0.39, 0.29) is 17.6 Å². The van der Waals surface area contributed by atoms with Crippen LogP contribution in [0.15, 0.2) is 54.7 Å². The molecule has 2 amide bonds. The molecule has 1 atom stereocenters. The highest BCUT2D eigenvalue weighted by Crippen LogP contribution is 2.34. The van der Waals surface area contributed by atoms with Crippen LogP contribution in [-0.2, 0) is 5.54 Å². The number of nitrogens with one attached hydrogen (secondary N) is 2. The molecule has 2 aliphatic heterocycles. The molecule has 34 heavy (non-hydrogen) atoms. The van der Waals surface area contributed by atoms with Gasteiger partial charge in [0, 0.05) is 36.3 Å². The Balaban J connectivity index is 1.22. The summed E-state index contributed by atoms with van der Waals surface area (Å²) >= 11 is 1.52. The lowest BCUT2D eigenvalue weighted by Crippen LogP contribution is -2.48. The van der Waals surface area contributed by atoms with Crippen LogP contribution in [0.5, 0.6) is 0 Å². The maximum absolute atomic E-state index is 13.1. The van der Waals surface area contributed by atoms with E-state index in [1.807, 2.05) is 29.2 Å². The topological polar surface area (TPSA) is 87.2 Å². The molecule has 5 rings (SSSR count). The number of piperidine rings is 1. The number of aromatic nitrogens is 2. The van der Waals surface area contributed by atoms with E-state index in [0.717, 1.165) is 36.4 Å². The summed E-state index contributed by atoms with van der Waals surface area (Å²) in [5.41, 5.74) is 0.721. The minimum Gasteiger partial charge on any atom is -0.339 e. The Hall–Kier alpha value is -3.17. The van der Waals surface area contributed by atoms with Crippen molar-refractivity contribution in [2.75, 3.05) is 26.2 Å². The zero-order valence-corrected chi connectivity index (χ0v) is 19.5. The van der Waals surface area contributed by atoms with E-state index in [4.69, 9.17) is 0 Å². The first-order valence-corrected chi connectivity index (χ1v) is 12.3. The number of carbonyl (C=O) groups excluding carboxylic acids is 2. The van der Waals surface area contributed by atoms with Gasteiger partial charge in [-0.25, -0.2) is 4.39 Å². The fraction of sp³-hybridized carbons (Fsp3) is 0.360. The molecular formula is C25H26FN5O2S. The molecule has 0 radical (unpaired) electrons. The normalized spacial score (nSPS) is 20.9. The third-order valence-corrected chi connectivity index (χ3v) is 7.94. The Bertz CT molecular complexity index is 1150. The maximum Gasteiger partial charge on any atom is 0.262 e. The van der Waals surface area contributed by atoms with Crippen LogP contribution in [0.1, 0.15) is 55.8 Å². The molecule has 9 heteroatoms. The summed E-state index contributed by atoms with van der Waals surface area (Å²) in [6.07, 6.45) is 4.06. The Morgan fingerprint density at radius 1 is 1.12 bits per heavy atom. The number of rotatable bonds is 5. The Kier molecular flexibility index (Phi) is 6.38. The molecule has 2 aliphatic rings. The lowest BCUT2D eigenvalue weighted by molar-refractivity contribution is 0.0713. The number of halogens is 1. The zero-order chi connectivity index (χ0) is 23.5. The van der Waals surface area contributed by atoms with E-state index in [1.165, 1.54) is 35.6 Å². The molecule has 2 fully saturated rings. The molecule has 2 N–H and O–H groups in total. The highest BCUT2D eigenvalue weighted by atomic mass is 32.1. The third-order valence-electron chi connectivity index (χ3n) is 6.70. The van der Waals surface area contributed by atoms with Gasteiger partial charge in [-0.1, -0.05) is 0 Å². The van der Waals surface area contributed by atoms with Gasteiger partial charge in [-0.05, 0) is 80.3 Å². The molecule has 4 heterocycles. The van der Waals surface area contributed by atoms with E-state index < -0.39 is 5.54 Å². The predicted molar refractivity (Wildman–Crippen MR) is 127 cm³/mol. The van der Waals surface area contributed by atoms with Crippen LogP contribution in [0.4, 0.5) is 4.39 Å². The van der Waals surface area contributed by atoms with Crippen molar-refractivity contribution in [1.29, 1.82) is 0 Å². The second-order valence-electron chi connectivity index (χ2n) is 8.85. The first kappa shape index (κ1) is 22.6. The molecule has 0 aliphatic carbocycles. The number of hydrogen-bond acceptors (Lipinski definition) is 6. The van der Waals surface area contributed by atoms with E-state index in [0.29, 0.717) is 36.0 Å². The largest absolute Gasteiger partial charge is 0.339 e. The quantitative estimate of drug-likeness (QED) is 0.586. The van der Waals surface area contributed by atoms with Gasteiger partial charge in [-0.3, -0.25) is 9.59 Å². The van der Waals surface area contributed by atoms with Crippen molar-refractivity contribution in [3.63, 3.8) is 0 Å². The van der Waals surface area contributed by atoms with E-state index in [9.17, 15) is 14.0 Å². The van der Waals surface area contributed by atoms with Crippen LogP contribution in [-0.4, -0.2) is 53.1 Å². The van der Waals surface area contributed by atoms with Crippen LogP contribution in [0.25, 0.3) is 0 Å². The first-order chi connectivity index (χ1) is 16.5. The summed E-state index contributed by atoms with van der Waals surface area (Å²) in [5.74, 6) is -0.204. The standard InChI is InChI=1S/C25H26FN5O2S/c26-19-5-3-18(4-6-19)24(33)31-14-9-17(10-15-31)20-7-8-21(34-20)23(32)29-25(11-13-27-16-25)22-2-1-12-28-30-22/h1-8,12,17,27H,9-11,13-16H2,(H,29,32)/t25-/m0/s1. The third kappa shape index (κ3) is 4.58. The molecule has 0 spiro atoms. The van der Waals surface area contributed by atoms with Crippen LogP contribution in [0.3, 0.4) is 0 Å². The van der Waals surface area contributed by atoms with Crippen molar-refractivity contribution in [3.05, 3.63) is 81.6 Å². The fourth-order valence-electron chi connectivity index (χ4n) is 4.75. The second kappa shape index (κ2) is 9.60. The van der Waals surface area contributed by atoms with Crippen molar-refractivity contribution >= 4 is 23.2 Å². The number of hydrogen-bond donors (Lipinski definition) is 2. The Labute approximate surface area is 201 Å². The zero-order valence-electron chi connectivity index (χ0n) is 18.7. The molecule has 0 unspecified atom stereocenters. The summed E-state index contributed by atoms with van der Waals surface area (Å²) in [4.78, 5) is 29.5. The van der Waals surface area contributed by atoms with Crippen molar-refractivity contribution < 1.29 is 14.0 Å². The molecule has 1 aromatic carbocycles. The van der Waals surface area contributed by atoms with E-state index in [2.05, 4.69) is 20.8 Å². The molecule has 7 nitrogen and oxygen atoms in total. The van der Waals surface area contributed by atoms with Crippen LogP contribution >= 0.6 is 11.3 Å². The van der Waals surface area contributed by atoms with E-state index in [1.54, 1.807) is 6.20 Å². The summed E-state index contributed by atoms with van der Waals surface area (Å²) < 4.78 is 13.1. The monoisotopic (exact) mass is 479 g/mol. The van der Waals surface area contributed by atoms with Gasteiger partial charge in [0.2, 0.25) is 0 Å². The number of carbonyl (C=O) groups is 2. The number of likely N-dealkylation sites (tertiary alicyclic amines) is 1. The smallest absolute Gasteiger partial charge is 0.262 e. The van der Waals surface area contributed by atoms with Crippen molar-refractivity contribution in [3.8, 4) is 0 Å². The fourth-order valence-corrected chi connectivity index (χ4v) is 5.83. The SMILES string of the molecule is O=C(N[C@@]1(c2cccnn2)CCNC1)c1ccc(C2CCN(C(=O)c3ccc(F)cc3)CC2)s1. The molecular weight excluding hydrogens is 453 g/mol. The number of thiophene rings is 1. The van der Waals surface area contributed by atoms with Crippen LogP contribution in [0.2, 0.25) is 0 Å². The summed E-state index contributed by atoms with van der Waals surface area (Å²) in [5, 5.41) is 14.8. The highest BCUT2D eigenvalue weighted by molar-refractivity contribution is 7.14. The molecule has 3 aromatic rings. The predicted octanol–water partition coefficient (Wildman–Crippen LogP) is 3.32. The van der Waals surface area contributed by atoms with E-state index >= 15 is 0 Å². The van der Waals surface area contributed by atoms with Gasteiger partial charge in [0.05, 0.1) is 16.1 Å². The Morgan fingerprint density at radius 3 is 2.59 bits per heavy atom. The van der Waals surface area contributed by atoms with Gasteiger partial charge in [-0.2, -0.15) is 10.2 Å². The van der Waals surface area contributed by atoms with Gasteiger partial charge in [0.15, 0.2) is 0 Å². The summed E-state index contributed by atoms with van der Waals surface area (Å²) in [6, 6.07) is 13.3. The molecule has 2 saturated heterocycles. The van der Waals surface area contributed by atoms with Crippen LogP contribution < -0.4 is 10.6 Å². The lowest BCUT2D eigenvalue weighted by Gasteiger charge is -2.31. The highest BCUT2D eigenvalue weighted by Gasteiger charge is 2.39. The first-order valence-electron chi connectivity index (χ1n) is 11.5. The number of benzene rings is 1. The summed E-state index contributed by atoms with van der Waals surface area (Å²) in [6.45, 7) is 2.71. The van der Waals surface area contributed by atoms with Gasteiger partial charge in [0.25, 0.3) is 11.8 Å². The molecule has 176 valence electrons. The minimum absolute atomic E-state index is 0.0656. The maximum atomic E-state index is 13.1. The minimum atomic E-state index is -0.554. The van der Waals surface area contributed by atoms with Crippen molar-refractivity contribution in [2.45, 2.75) is 30.7 Å². The van der Waals surface area contributed by atoms with Crippen molar-refractivity contribution in [2.24, 2.45) is 0 Å². The van der Waals surface area contributed by atoms with Gasteiger partial charge < -0.3 is 15.5 Å². The molecule has 2 aromatic heterocycles. The molecule has 0 bridgehead atoms. The molecule has 0 saturated carbocycles. The lowest BCUT2D eigenvalue weighted by atomic mass is 9.93. The average molecular weight is 480 g/mol. The number of nitrogens with zero attached hydrogens (tertiary/aromatic N) is 3. The van der Waals surface area contributed by atoms with Gasteiger partial charge in [0.1, 0.15) is 5.82 Å². The Morgan fingerprint density at radius 2 is 1.91 bits per heavy atom. The second-order valence-corrected chi connectivity index (χ2v) is 9.96. The van der Waals surface area contributed by atoms with Gasteiger partial charge in [-0.15, -0.1) is 11.3 Å². The summed E-state index contributed by atoms with van der Waals surface area (Å²) in [7, 11) is 0. The number of amides is 2. The van der Waals surface area contributed by atoms with Crippen LogP contribution in [0, 0.1) is 5.82 Å². The van der Waals surface area contributed by atoms with Crippen molar-refractivity contribution in [1.82, 2.24) is 25.7 Å².